The first-order chi connectivity index (χ1) is 10.8. The second-order valence-corrected chi connectivity index (χ2v) is 4.75. The lowest BCUT2D eigenvalue weighted by molar-refractivity contribution is 0.111. The van der Waals surface area contributed by atoms with E-state index in [1.807, 2.05) is 0 Å². The maximum absolute atomic E-state index is 11.0. The second kappa shape index (κ2) is 4.63. The van der Waals surface area contributed by atoms with Crippen LogP contribution in [-0.2, 0) is 0 Å². The normalized spacial score (nSPS) is 11.1. The van der Waals surface area contributed by atoms with Crippen molar-refractivity contribution >= 4 is 45.4 Å². The topological polar surface area (TPSA) is 85.7 Å². The molecule has 3 heterocycles. The Hall–Kier alpha value is -3.28. The van der Waals surface area contributed by atoms with E-state index in [0.717, 1.165) is 10.8 Å². The number of aromatic nitrogens is 4. The highest BCUT2D eigenvalue weighted by Crippen LogP contribution is 2.30. The SMILES string of the molecule is O=Cc1ccc2c3nccnc3c3ccc(C=O)nc3c2n1. The Morgan fingerprint density at radius 3 is 1.50 bits per heavy atom. The number of hydrogen-bond donors (Lipinski definition) is 0. The molecule has 0 atom stereocenters. The van der Waals surface area contributed by atoms with Crippen molar-refractivity contribution in [1.82, 2.24) is 19.9 Å². The summed E-state index contributed by atoms with van der Waals surface area (Å²) < 4.78 is 0. The van der Waals surface area contributed by atoms with E-state index in [4.69, 9.17) is 0 Å². The monoisotopic (exact) mass is 288 g/mol. The van der Waals surface area contributed by atoms with E-state index in [0.29, 0.717) is 46.0 Å². The Morgan fingerprint density at radius 1 is 0.636 bits per heavy atom. The van der Waals surface area contributed by atoms with Gasteiger partial charge in [0.25, 0.3) is 0 Å². The number of benzene rings is 1. The van der Waals surface area contributed by atoms with E-state index in [2.05, 4.69) is 19.9 Å². The van der Waals surface area contributed by atoms with Crippen molar-refractivity contribution in [1.29, 1.82) is 0 Å². The van der Waals surface area contributed by atoms with Crippen molar-refractivity contribution < 1.29 is 9.59 Å². The van der Waals surface area contributed by atoms with Gasteiger partial charge in [0.1, 0.15) is 11.4 Å². The smallest absolute Gasteiger partial charge is 0.168 e. The molecule has 0 bridgehead atoms. The van der Waals surface area contributed by atoms with Gasteiger partial charge in [-0.05, 0) is 24.3 Å². The molecule has 0 radical (unpaired) electrons. The van der Waals surface area contributed by atoms with Gasteiger partial charge in [-0.3, -0.25) is 19.6 Å². The van der Waals surface area contributed by atoms with E-state index < -0.39 is 0 Å². The zero-order valence-electron chi connectivity index (χ0n) is 11.2. The van der Waals surface area contributed by atoms with Gasteiger partial charge in [-0.2, -0.15) is 0 Å². The fraction of sp³-hybridized carbons (Fsp3) is 0. The molecule has 0 saturated carbocycles. The highest BCUT2D eigenvalue weighted by molar-refractivity contribution is 6.20. The molecule has 6 nitrogen and oxygen atoms in total. The highest BCUT2D eigenvalue weighted by Gasteiger charge is 2.13. The molecule has 4 rings (SSSR count). The standard InChI is InChI=1S/C16H8N4O2/c21-7-9-1-3-11-13-14(18-6-5-17-13)12-4-2-10(8-22)20-16(12)15(11)19-9/h1-8H. The molecule has 1 aromatic carbocycles. The van der Waals surface area contributed by atoms with Crippen molar-refractivity contribution in [3.63, 3.8) is 0 Å². The van der Waals surface area contributed by atoms with Gasteiger partial charge in [0.2, 0.25) is 0 Å². The maximum atomic E-state index is 11.0. The summed E-state index contributed by atoms with van der Waals surface area (Å²) in [4.78, 5) is 39.4. The molecular formula is C16H8N4O2. The van der Waals surface area contributed by atoms with Crippen molar-refractivity contribution in [3.8, 4) is 0 Å². The van der Waals surface area contributed by atoms with Gasteiger partial charge in [-0.15, -0.1) is 0 Å². The molecule has 3 aromatic heterocycles. The van der Waals surface area contributed by atoms with Crippen LogP contribution in [0.4, 0.5) is 0 Å². The van der Waals surface area contributed by atoms with Crippen LogP contribution in [0.2, 0.25) is 0 Å². The number of aldehydes is 2. The predicted molar refractivity (Wildman–Crippen MR) is 80.9 cm³/mol. The Morgan fingerprint density at radius 2 is 1.09 bits per heavy atom. The first kappa shape index (κ1) is 12.5. The Balaban J connectivity index is 2.34. The number of rotatable bonds is 2. The van der Waals surface area contributed by atoms with E-state index in [-0.39, 0.29) is 0 Å². The number of fused-ring (bicyclic) bond motifs is 6. The minimum absolute atomic E-state index is 0.301. The molecule has 0 aliphatic carbocycles. The van der Waals surface area contributed by atoms with Crippen LogP contribution in [-0.4, -0.2) is 32.5 Å². The van der Waals surface area contributed by atoms with Gasteiger partial charge in [-0.1, -0.05) is 0 Å². The molecule has 0 saturated heterocycles. The minimum Gasteiger partial charge on any atom is -0.296 e. The maximum Gasteiger partial charge on any atom is 0.168 e. The largest absolute Gasteiger partial charge is 0.296 e. The molecule has 4 aromatic rings. The van der Waals surface area contributed by atoms with Crippen molar-refractivity contribution in [2.24, 2.45) is 0 Å². The van der Waals surface area contributed by atoms with Crippen LogP contribution in [0.5, 0.6) is 0 Å². The van der Waals surface area contributed by atoms with Gasteiger partial charge in [0.05, 0.1) is 22.1 Å². The van der Waals surface area contributed by atoms with Crippen molar-refractivity contribution in [2.45, 2.75) is 0 Å². The zero-order chi connectivity index (χ0) is 15.1. The number of hydrogen-bond acceptors (Lipinski definition) is 6. The Bertz CT molecular complexity index is 990. The summed E-state index contributed by atoms with van der Waals surface area (Å²) in [6, 6.07) is 6.80. The summed E-state index contributed by atoms with van der Waals surface area (Å²) in [5.41, 5.74) is 3.06. The Kier molecular flexibility index (Phi) is 2.62. The summed E-state index contributed by atoms with van der Waals surface area (Å²) in [6.45, 7) is 0. The van der Waals surface area contributed by atoms with Crippen LogP contribution in [0, 0.1) is 0 Å². The summed E-state index contributed by atoms with van der Waals surface area (Å²) >= 11 is 0. The third kappa shape index (κ3) is 1.67. The van der Waals surface area contributed by atoms with Gasteiger partial charge in [0.15, 0.2) is 12.6 Å². The molecule has 0 aliphatic rings. The molecule has 0 unspecified atom stereocenters. The van der Waals surface area contributed by atoms with E-state index in [1.54, 1.807) is 36.7 Å². The van der Waals surface area contributed by atoms with E-state index in [1.165, 1.54) is 0 Å². The average molecular weight is 288 g/mol. The average Bonchev–Trinajstić information content (AvgIpc) is 2.61. The van der Waals surface area contributed by atoms with Crippen LogP contribution in [0.25, 0.3) is 32.8 Å². The molecule has 0 aliphatic heterocycles. The molecular weight excluding hydrogens is 280 g/mol. The van der Waals surface area contributed by atoms with Gasteiger partial charge in [-0.25, -0.2) is 9.97 Å². The first-order valence-electron chi connectivity index (χ1n) is 6.56. The summed E-state index contributed by atoms with van der Waals surface area (Å²) in [7, 11) is 0. The predicted octanol–water partition coefficient (Wildman–Crippen LogP) is 2.35. The summed E-state index contributed by atoms with van der Waals surface area (Å²) in [6.07, 6.45) is 4.56. The molecule has 104 valence electrons. The molecule has 0 spiro atoms. The second-order valence-electron chi connectivity index (χ2n) is 4.75. The van der Waals surface area contributed by atoms with Gasteiger partial charge >= 0.3 is 0 Å². The number of pyridine rings is 2. The zero-order valence-corrected chi connectivity index (χ0v) is 11.2. The van der Waals surface area contributed by atoms with E-state index >= 15 is 0 Å². The summed E-state index contributed by atoms with van der Waals surface area (Å²) in [5, 5.41) is 1.49. The third-order valence-electron chi connectivity index (χ3n) is 3.51. The fourth-order valence-corrected chi connectivity index (χ4v) is 2.56. The minimum atomic E-state index is 0.301. The van der Waals surface area contributed by atoms with Crippen molar-refractivity contribution in [2.75, 3.05) is 0 Å². The number of nitrogens with zero attached hydrogens (tertiary/aromatic N) is 4. The molecule has 0 N–H and O–H groups in total. The third-order valence-corrected chi connectivity index (χ3v) is 3.51. The fourth-order valence-electron chi connectivity index (χ4n) is 2.56. The first-order valence-corrected chi connectivity index (χ1v) is 6.56. The molecule has 6 heteroatoms. The van der Waals surface area contributed by atoms with Crippen LogP contribution >= 0.6 is 0 Å². The van der Waals surface area contributed by atoms with Gasteiger partial charge < -0.3 is 0 Å². The van der Waals surface area contributed by atoms with Crippen molar-refractivity contribution in [3.05, 3.63) is 48.0 Å². The van der Waals surface area contributed by atoms with Crippen LogP contribution in [0.3, 0.4) is 0 Å². The van der Waals surface area contributed by atoms with Crippen LogP contribution in [0.1, 0.15) is 21.0 Å². The summed E-state index contributed by atoms with van der Waals surface area (Å²) in [5.74, 6) is 0. The number of carbonyl (C=O) groups is 2. The Labute approximate surface area is 123 Å². The molecule has 0 amide bonds. The van der Waals surface area contributed by atoms with Crippen LogP contribution < -0.4 is 0 Å². The van der Waals surface area contributed by atoms with E-state index in [9.17, 15) is 9.59 Å². The number of carbonyl (C=O) groups excluding carboxylic acids is 2. The molecule has 0 fully saturated rings. The lowest BCUT2D eigenvalue weighted by atomic mass is 10.1. The quantitative estimate of drug-likeness (QED) is 0.416. The molecule has 22 heavy (non-hydrogen) atoms. The van der Waals surface area contributed by atoms with Crippen LogP contribution in [0.15, 0.2) is 36.7 Å². The highest BCUT2D eigenvalue weighted by atomic mass is 16.1. The lowest BCUT2D eigenvalue weighted by Crippen LogP contribution is -1.96. The lowest BCUT2D eigenvalue weighted by Gasteiger charge is -2.07. The van der Waals surface area contributed by atoms with Gasteiger partial charge in [0, 0.05) is 23.2 Å².